The van der Waals surface area contributed by atoms with Gasteiger partial charge in [-0.25, -0.2) is 8.42 Å². The molecule has 2 fully saturated rings. The van der Waals surface area contributed by atoms with E-state index < -0.39 is 27.5 Å². The SMILES string of the molecule is O=S(=O)(c1ccccc1)[C@@H]1O[C@@H]2COCO[C@H]2CC[C@H]1OCc1ccccc1. The largest absolute Gasteiger partial charge is 0.370 e. The lowest BCUT2D eigenvalue weighted by Gasteiger charge is -2.32. The van der Waals surface area contributed by atoms with E-state index in [9.17, 15) is 8.42 Å². The van der Waals surface area contributed by atoms with Crippen LogP contribution in [0.15, 0.2) is 65.6 Å². The number of benzene rings is 2. The molecule has 28 heavy (non-hydrogen) atoms. The minimum Gasteiger partial charge on any atom is -0.370 e. The highest BCUT2D eigenvalue weighted by molar-refractivity contribution is 7.92. The molecule has 2 saturated heterocycles. The van der Waals surface area contributed by atoms with Crippen LogP contribution in [0.2, 0.25) is 0 Å². The molecule has 0 amide bonds. The lowest BCUT2D eigenvalue weighted by molar-refractivity contribution is -0.210. The average molecular weight is 404 g/mol. The van der Waals surface area contributed by atoms with Crippen LogP contribution in [-0.4, -0.2) is 45.6 Å². The Morgan fingerprint density at radius 1 is 0.929 bits per heavy atom. The Morgan fingerprint density at radius 3 is 2.39 bits per heavy atom. The second-order valence-electron chi connectivity index (χ2n) is 7.01. The minimum absolute atomic E-state index is 0.187. The van der Waals surface area contributed by atoms with Crippen LogP contribution >= 0.6 is 0 Å². The number of hydrogen-bond donors (Lipinski definition) is 0. The molecule has 0 spiro atoms. The molecular weight excluding hydrogens is 380 g/mol. The summed E-state index contributed by atoms with van der Waals surface area (Å²) in [6.07, 6.45) is -0.0197. The van der Waals surface area contributed by atoms with Gasteiger partial charge in [-0.15, -0.1) is 0 Å². The van der Waals surface area contributed by atoms with Gasteiger partial charge in [0, 0.05) is 0 Å². The topological polar surface area (TPSA) is 71.1 Å². The Labute approximate surface area is 165 Å². The van der Waals surface area contributed by atoms with Crippen LogP contribution in [0.25, 0.3) is 0 Å². The third-order valence-corrected chi connectivity index (χ3v) is 7.05. The molecule has 150 valence electrons. The first-order valence-electron chi connectivity index (χ1n) is 9.44. The Balaban J connectivity index is 1.60. The molecule has 2 aromatic rings. The Kier molecular flexibility index (Phi) is 6.08. The first-order chi connectivity index (χ1) is 13.6. The van der Waals surface area contributed by atoms with Crippen molar-refractivity contribution in [2.24, 2.45) is 0 Å². The summed E-state index contributed by atoms with van der Waals surface area (Å²) in [5, 5.41) is 0. The number of fused-ring (bicyclic) bond motifs is 1. The molecule has 0 unspecified atom stereocenters. The molecule has 2 aromatic carbocycles. The van der Waals surface area contributed by atoms with Crippen molar-refractivity contribution < 1.29 is 27.4 Å². The van der Waals surface area contributed by atoms with E-state index in [2.05, 4.69) is 0 Å². The Hall–Kier alpha value is -1.77. The van der Waals surface area contributed by atoms with Crippen LogP contribution in [0.1, 0.15) is 18.4 Å². The summed E-state index contributed by atoms with van der Waals surface area (Å²) < 4.78 is 49.8. The monoisotopic (exact) mass is 404 g/mol. The number of rotatable bonds is 5. The smallest absolute Gasteiger partial charge is 0.207 e. The maximum absolute atomic E-state index is 13.3. The first kappa shape index (κ1) is 19.5. The summed E-state index contributed by atoms with van der Waals surface area (Å²) in [6.45, 7) is 0.843. The zero-order valence-electron chi connectivity index (χ0n) is 15.5. The number of hydrogen-bond acceptors (Lipinski definition) is 6. The molecule has 2 aliphatic heterocycles. The minimum atomic E-state index is -3.75. The molecule has 2 heterocycles. The second-order valence-corrected chi connectivity index (χ2v) is 9.03. The molecule has 2 aliphatic rings. The third-order valence-electron chi connectivity index (χ3n) is 5.09. The summed E-state index contributed by atoms with van der Waals surface area (Å²) in [4.78, 5) is 0.226. The van der Waals surface area contributed by atoms with Gasteiger partial charge in [0.15, 0.2) is 5.44 Å². The summed E-state index contributed by atoms with van der Waals surface area (Å²) in [6, 6.07) is 18.1. The van der Waals surface area contributed by atoms with Crippen molar-refractivity contribution in [1.29, 1.82) is 0 Å². The highest BCUT2D eigenvalue weighted by Gasteiger charge is 2.44. The number of ether oxygens (including phenoxy) is 4. The quantitative estimate of drug-likeness (QED) is 0.763. The molecule has 0 aromatic heterocycles. The molecule has 0 radical (unpaired) electrons. The van der Waals surface area contributed by atoms with Gasteiger partial charge in [0.2, 0.25) is 9.84 Å². The van der Waals surface area contributed by atoms with Crippen LogP contribution in [0.5, 0.6) is 0 Å². The first-order valence-corrected chi connectivity index (χ1v) is 11.0. The van der Waals surface area contributed by atoms with Crippen LogP contribution in [-0.2, 0) is 35.4 Å². The van der Waals surface area contributed by atoms with Gasteiger partial charge in [-0.05, 0) is 30.5 Å². The van der Waals surface area contributed by atoms with Crippen LogP contribution in [0, 0.1) is 0 Å². The van der Waals surface area contributed by atoms with Gasteiger partial charge in [-0.3, -0.25) is 0 Å². The molecule has 0 bridgehead atoms. The Bertz CT molecular complexity index is 855. The van der Waals surface area contributed by atoms with Crippen molar-refractivity contribution in [3.8, 4) is 0 Å². The molecule has 4 atom stereocenters. The van der Waals surface area contributed by atoms with Gasteiger partial charge in [0.25, 0.3) is 0 Å². The van der Waals surface area contributed by atoms with Crippen LogP contribution < -0.4 is 0 Å². The fourth-order valence-electron chi connectivity index (χ4n) is 3.59. The molecule has 0 aliphatic carbocycles. The normalized spacial score (nSPS) is 28.3. The predicted molar refractivity (Wildman–Crippen MR) is 102 cm³/mol. The maximum atomic E-state index is 13.3. The zero-order valence-corrected chi connectivity index (χ0v) is 16.3. The summed E-state index contributed by atoms with van der Waals surface area (Å²) in [7, 11) is -3.75. The standard InChI is InChI=1S/C21H24O6S/c22-28(23,17-9-5-2-6-10-17)21-19(25-13-16-7-3-1-4-8-16)12-11-18-20(27-21)14-24-15-26-18/h1-10,18-21H,11-15H2/t18-,19+,20+,21-/m0/s1. The molecule has 0 saturated carbocycles. The lowest BCUT2D eigenvalue weighted by Crippen LogP contribution is -2.44. The van der Waals surface area contributed by atoms with Gasteiger partial charge in [-0.2, -0.15) is 0 Å². The van der Waals surface area contributed by atoms with Crippen LogP contribution in [0.4, 0.5) is 0 Å². The van der Waals surface area contributed by atoms with Crippen LogP contribution in [0.3, 0.4) is 0 Å². The summed E-state index contributed by atoms with van der Waals surface area (Å²) in [5.74, 6) is 0. The van der Waals surface area contributed by atoms with E-state index in [1.165, 1.54) is 0 Å². The van der Waals surface area contributed by atoms with Gasteiger partial charge in [0.05, 0.1) is 30.3 Å². The average Bonchev–Trinajstić information content (AvgIpc) is 2.94. The molecule has 6 nitrogen and oxygen atoms in total. The maximum Gasteiger partial charge on any atom is 0.207 e. The van der Waals surface area contributed by atoms with Crippen molar-refractivity contribution in [2.75, 3.05) is 13.4 Å². The lowest BCUT2D eigenvalue weighted by atomic mass is 10.1. The van der Waals surface area contributed by atoms with Crippen molar-refractivity contribution in [3.63, 3.8) is 0 Å². The van der Waals surface area contributed by atoms with Crippen molar-refractivity contribution in [3.05, 3.63) is 66.2 Å². The second kappa shape index (κ2) is 8.71. The molecular formula is C21H24O6S. The van der Waals surface area contributed by atoms with E-state index >= 15 is 0 Å². The van der Waals surface area contributed by atoms with Gasteiger partial charge < -0.3 is 18.9 Å². The highest BCUT2D eigenvalue weighted by Crippen LogP contribution is 2.32. The molecule has 0 N–H and O–H groups in total. The van der Waals surface area contributed by atoms with Crippen molar-refractivity contribution in [2.45, 2.75) is 48.1 Å². The predicted octanol–water partition coefficient (Wildman–Crippen LogP) is 2.92. The van der Waals surface area contributed by atoms with Crippen molar-refractivity contribution in [1.82, 2.24) is 0 Å². The summed E-state index contributed by atoms with van der Waals surface area (Å²) >= 11 is 0. The van der Waals surface area contributed by atoms with E-state index in [1.54, 1.807) is 30.3 Å². The molecule has 4 rings (SSSR count). The third kappa shape index (κ3) is 4.29. The van der Waals surface area contributed by atoms with E-state index in [0.29, 0.717) is 26.1 Å². The van der Waals surface area contributed by atoms with E-state index in [4.69, 9.17) is 18.9 Å². The highest BCUT2D eigenvalue weighted by atomic mass is 32.2. The van der Waals surface area contributed by atoms with E-state index in [0.717, 1.165) is 5.56 Å². The van der Waals surface area contributed by atoms with Gasteiger partial charge in [-0.1, -0.05) is 48.5 Å². The van der Waals surface area contributed by atoms with Gasteiger partial charge >= 0.3 is 0 Å². The summed E-state index contributed by atoms with van der Waals surface area (Å²) in [5.41, 5.74) is -0.126. The fraction of sp³-hybridized carbons (Fsp3) is 0.429. The van der Waals surface area contributed by atoms with E-state index in [1.807, 2.05) is 30.3 Å². The Morgan fingerprint density at radius 2 is 1.64 bits per heavy atom. The van der Waals surface area contributed by atoms with Gasteiger partial charge in [0.1, 0.15) is 12.9 Å². The molecule has 7 heteroatoms. The van der Waals surface area contributed by atoms with E-state index in [-0.39, 0.29) is 17.8 Å². The fourth-order valence-corrected chi connectivity index (χ4v) is 5.30. The van der Waals surface area contributed by atoms with Crippen molar-refractivity contribution >= 4 is 9.84 Å². The zero-order chi connectivity index (χ0) is 19.4. The number of sulfone groups is 1.